The average Bonchev–Trinajstić information content (AvgIpc) is 3.09. The number of benzene rings is 2. The number of fused-ring (bicyclic) bond motifs is 2. The van der Waals surface area contributed by atoms with Crippen molar-refractivity contribution in [3.63, 3.8) is 0 Å². The van der Waals surface area contributed by atoms with Gasteiger partial charge in [-0.2, -0.15) is 0 Å². The van der Waals surface area contributed by atoms with E-state index in [1.807, 2.05) is 43.3 Å². The van der Waals surface area contributed by atoms with Crippen molar-refractivity contribution in [2.24, 2.45) is 11.8 Å². The molecule has 276 valence electrons. The van der Waals surface area contributed by atoms with Gasteiger partial charge in [-0.1, -0.05) is 74.5 Å². The van der Waals surface area contributed by atoms with Crippen LogP contribution in [0.15, 0.2) is 90.5 Å². The molecule has 0 spiro atoms. The first kappa shape index (κ1) is 38.9. The molecule has 0 unspecified atom stereocenters. The molecule has 0 amide bonds. The molecule has 5 aliphatic rings. The van der Waals surface area contributed by atoms with E-state index in [1.165, 1.54) is 12.2 Å². The Bertz CT molecular complexity index is 1570. The van der Waals surface area contributed by atoms with Crippen LogP contribution in [-0.2, 0) is 14.2 Å². The standard InChI is InChI=1S/C40H49ClO10/c1-23(20-29(42)15-10-24(2)41)21-34-35(44)36-26(4)37(49-34)38(45)40(47)22-32(43)25(3)33(51-40)9-7-5-6-8-27-11-16-30(17-12-27)48-31-18-13-28(14-19-31)39(46)50-36/h6,8,10-19,25-26,29,32-38,42-45,47H,1-2,5,7,9,20-22H2,3-4H3/b8-6-,15-10+/t25-,26+,29+,32-,33+,34+,35+,36+,37+,38-,40+/m0/s1. The van der Waals surface area contributed by atoms with E-state index in [2.05, 4.69) is 13.2 Å². The lowest BCUT2D eigenvalue weighted by Gasteiger charge is -2.51. The van der Waals surface area contributed by atoms with Crippen LogP contribution in [0.3, 0.4) is 0 Å². The summed E-state index contributed by atoms with van der Waals surface area (Å²) in [7, 11) is 0. The van der Waals surface area contributed by atoms with Crippen LogP contribution in [0.2, 0.25) is 0 Å². The van der Waals surface area contributed by atoms with E-state index in [0.29, 0.717) is 29.9 Å². The maximum Gasteiger partial charge on any atom is 0.338 e. The average molecular weight is 725 g/mol. The van der Waals surface area contributed by atoms with Crippen LogP contribution < -0.4 is 4.74 Å². The molecule has 2 fully saturated rings. The van der Waals surface area contributed by atoms with E-state index in [0.717, 1.165) is 12.0 Å². The molecule has 2 aromatic rings. The number of esters is 1. The summed E-state index contributed by atoms with van der Waals surface area (Å²) < 4.78 is 24.4. The number of hydrogen-bond donors (Lipinski definition) is 5. The highest BCUT2D eigenvalue weighted by Gasteiger charge is 2.56. The molecule has 5 aliphatic heterocycles. The Labute approximate surface area is 304 Å². The van der Waals surface area contributed by atoms with Gasteiger partial charge in [0.1, 0.15) is 29.8 Å². The molecule has 2 aromatic carbocycles. The number of rotatable bonds is 6. The van der Waals surface area contributed by atoms with Crippen LogP contribution in [0.1, 0.15) is 68.3 Å². The number of allylic oxidation sites excluding steroid dienone is 3. The lowest BCUT2D eigenvalue weighted by Crippen LogP contribution is -2.65. The van der Waals surface area contributed by atoms with Crippen LogP contribution in [-0.4, -0.2) is 86.1 Å². The largest absolute Gasteiger partial charge is 0.457 e. The number of halogens is 1. The van der Waals surface area contributed by atoms with Crippen LogP contribution in [0.25, 0.3) is 6.08 Å². The molecule has 0 aliphatic carbocycles. The lowest BCUT2D eigenvalue weighted by atomic mass is 9.78. The van der Waals surface area contributed by atoms with Gasteiger partial charge in [0.15, 0.2) is 5.79 Å². The van der Waals surface area contributed by atoms with Crippen molar-refractivity contribution < 1.29 is 49.3 Å². The van der Waals surface area contributed by atoms with E-state index in [4.69, 9.17) is 30.5 Å². The van der Waals surface area contributed by atoms with Crippen LogP contribution in [0, 0.1) is 11.8 Å². The summed E-state index contributed by atoms with van der Waals surface area (Å²) in [6.07, 6.45) is -0.257. The van der Waals surface area contributed by atoms with Crippen molar-refractivity contribution in [2.75, 3.05) is 0 Å². The second-order valence-electron chi connectivity index (χ2n) is 14.0. The van der Waals surface area contributed by atoms with Crippen molar-refractivity contribution in [3.8, 4) is 11.5 Å². The Kier molecular flexibility index (Phi) is 13.0. The topological polar surface area (TPSA) is 155 Å². The summed E-state index contributed by atoms with van der Waals surface area (Å²) in [5, 5.41) is 57.1. The molecule has 10 nitrogen and oxygen atoms in total. The Morgan fingerprint density at radius 3 is 2.35 bits per heavy atom. The van der Waals surface area contributed by atoms with Crippen LogP contribution in [0.4, 0.5) is 0 Å². The third kappa shape index (κ3) is 9.77. The first-order valence-electron chi connectivity index (χ1n) is 17.5. The van der Waals surface area contributed by atoms with Gasteiger partial charge in [-0.25, -0.2) is 4.79 Å². The van der Waals surface area contributed by atoms with Gasteiger partial charge in [-0.05, 0) is 80.1 Å². The Morgan fingerprint density at radius 2 is 1.69 bits per heavy atom. The highest BCUT2D eigenvalue weighted by atomic mass is 35.5. The molecule has 0 radical (unpaired) electrons. The van der Waals surface area contributed by atoms with Gasteiger partial charge in [-0.3, -0.25) is 0 Å². The Hall–Kier alpha value is -3.32. The number of ether oxygens (including phenoxy) is 4. The molecule has 0 saturated carbocycles. The molecule has 0 aromatic heterocycles. The van der Waals surface area contributed by atoms with Gasteiger partial charge in [0.05, 0.1) is 36.1 Å². The lowest BCUT2D eigenvalue weighted by molar-refractivity contribution is -0.350. The van der Waals surface area contributed by atoms with Gasteiger partial charge >= 0.3 is 5.97 Å². The maximum absolute atomic E-state index is 13.5. The molecular formula is C40H49ClO10. The minimum absolute atomic E-state index is 0.0276. The molecule has 2 saturated heterocycles. The molecule has 11 heteroatoms. The Balaban J connectivity index is 1.45. The fraction of sp³-hybridized carbons (Fsp3) is 0.475. The number of hydrogen-bond acceptors (Lipinski definition) is 10. The highest BCUT2D eigenvalue weighted by Crippen LogP contribution is 2.41. The number of aliphatic hydroxyl groups excluding tert-OH is 4. The molecule has 8 bridgehead atoms. The molecule has 11 atom stereocenters. The van der Waals surface area contributed by atoms with Crippen molar-refractivity contribution >= 4 is 23.6 Å². The van der Waals surface area contributed by atoms with E-state index in [1.54, 1.807) is 31.2 Å². The highest BCUT2D eigenvalue weighted by molar-refractivity contribution is 6.30. The van der Waals surface area contributed by atoms with Crippen LogP contribution in [0.5, 0.6) is 11.5 Å². The first-order chi connectivity index (χ1) is 24.2. The zero-order valence-corrected chi connectivity index (χ0v) is 29.8. The van der Waals surface area contributed by atoms with Crippen molar-refractivity contribution in [3.05, 3.63) is 102 Å². The van der Waals surface area contributed by atoms with Crippen molar-refractivity contribution in [2.45, 2.75) is 107 Å². The predicted octanol–water partition coefficient (Wildman–Crippen LogP) is 5.81. The maximum atomic E-state index is 13.5. The molecule has 51 heavy (non-hydrogen) atoms. The molecule has 5 N–H and O–H groups in total. The second-order valence-corrected chi connectivity index (χ2v) is 14.5. The summed E-state index contributed by atoms with van der Waals surface area (Å²) in [5.41, 5.74) is 1.70. The minimum atomic E-state index is -2.21. The van der Waals surface area contributed by atoms with E-state index in [-0.39, 0.29) is 35.8 Å². The number of carbonyl (C=O) groups excluding carboxylic acids is 1. The third-order valence-electron chi connectivity index (χ3n) is 10.0. The zero-order chi connectivity index (χ0) is 36.9. The normalized spacial score (nSPS) is 34.4. The summed E-state index contributed by atoms with van der Waals surface area (Å²) in [5.74, 6) is -2.95. The predicted molar refractivity (Wildman–Crippen MR) is 193 cm³/mol. The van der Waals surface area contributed by atoms with Crippen LogP contribution >= 0.6 is 11.6 Å². The van der Waals surface area contributed by atoms with Gasteiger partial charge in [0.2, 0.25) is 0 Å². The first-order valence-corrected chi connectivity index (χ1v) is 17.8. The fourth-order valence-corrected chi connectivity index (χ4v) is 7.05. The van der Waals surface area contributed by atoms with E-state index in [9.17, 15) is 30.3 Å². The van der Waals surface area contributed by atoms with Gasteiger partial charge < -0.3 is 44.5 Å². The molecule has 5 heterocycles. The Morgan fingerprint density at radius 1 is 1.02 bits per heavy atom. The third-order valence-corrected chi connectivity index (χ3v) is 10.1. The number of carbonyl (C=O) groups is 1. The quantitative estimate of drug-likeness (QED) is 0.140. The smallest absolute Gasteiger partial charge is 0.338 e. The zero-order valence-electron chi connectivity index (χ0n) is 29.0. The van der Waals surface area contributed by atoms with Crippen molar-refractivity contribution in [1.29, 1.82) is 0 Å². The van der Waals surface area contributed by atoms with E-state index >= 15 is 0 Å². The summed E-state index contributed by atoms with van der Waals surface area (Å²) in [6, 6.07) is 14.0. The molecular weight excluding hydrogens is 676 g/mol. The monoisotopic (exact) mass is 724 g/mol. The van der Waals surface area contributed by atoms with Crippen molar-refractivity contribution in [1.82, 2.24) is 0 Å². The molecule has 7 rings (SSSR count). The summed E-state index contributed by atoms with van der Waals surface area (Å²) in [4.78, 5) is 13.5. The number of aliphatic hydroxyl groups is 5. The fourth-order valence-electron chi connectivity index (χ4n) is 6.98. The second kappa shape index (κ2) is 17.0. The SMILES string of the molecule is C=C(Cl)/C=C/[C@@H](O)CC(=C)C[C@H]1O[C@@H]2[C@H](C)[C@@H](OC(=O)c3ccc(cc3)Oc3ccc(cc3)/C=C\CCC[C@H]3O[C@](O)(C[C@H](O)[C@@H]3C)[C@H]2O)[C@@H]1O. The van der Waals surface area contributed by atoms with Gasteiger partial charge in [-0.15, -0.1) is 0 Å². The summed E-state index contributed by atoms with van der Waals surface area (Å²) in [6.45, 7) is 11.1. The van der Waals surface area contributed by atoms with E-state index < -0.39 is 66.5 Å². The summed E-state index contributed by atoms with van der Waals surface area (Å²) >= 11 is 5.78. The van der Waals surface area contributed by atoms with Gasteiger partial charge in [0, 0.05) is 23.3 Å². The van der Waals surface area contributed by atoms with Gasteiger partial charge in [0.25, 0.3) is 0 Å². The minimum Gasteiger partial charge on any atom is -0.457 e.